The number of aliphatic carboxylic acids is 1. The number of ether oxygens (including phenoxy) is 1. The van der Waals surface area contributed by atoms with Gasteiger partial charge >= 0.3 is 5.97 Å². The maximum Gasteiger partial charge on any atom is 0.308 e. The number of fused-ring (bicyclic) bond motifs is 1. The maximum atomic E-state index is 13.8. The molecule has 1 aromatic rings. The van der Waals surface area contributed by atoms with Crippen molar-refractivity contribution in [1.29, 1.82) is 0 Å². The van der Waals surface area contributed by atoms with Crippen LogP contribution >= 0.6 is 0 Å². The lowest BCUT2D eigenvalue weighted by Crippen LogP contribution is -2.46. The Hall–Kier alpha value is -2.21. The molecule has 0 bridgehead atoms. The van der Waals surface area contributed by atoms with Gasteiger partial charge in [0.25, 0.3) is 0 Å². The number of carbonyl (C=O) groups excluding carboxylic acids is 1. The third-order valence-corrected chi connectivity index (χ3v) is 10.7. The summed E-state index contributed by atoms with van der Waals surface area (Å²) in [5.41, 5.74) is 2.03. The minimum atomic E-state index is -3.30. The molecule has 3 heterocycles. The van der Waals surface area contributed by atoms with Crippen molar-refractivity contribution in [3.63, 3.8) is 0 Å². The van der Waals surface area contributed by atoms with Crippen molar-refractivity contribution in [3.8, 4) is 5.75 Å². The van der Waals surface area contributed by atoms with Gasteiger partial charge in [-0.1, -0.05) is 25.5 Å². The monoisotopic (exact) mass is 593 g/mol. The standard InChI is InChI=1S/C30H48N4O6S/c1-5-6-13-31(14-7-17-34(2,3)4)28(35)22-32-21-25(23-9-10-27-24(20-23)12-18-40-27)29(30(36)37)26(32)11-16-33-15-8-19-41(33,38)39/h9-10,20,25-26,29H,5-8,11-19,21-22H2,1-4H3/p+1/t25-,26+,29-/m1/s1. The van der Waals surface area contributed by atoms with Gasteiger partial charge in [0.15, 0.2) is 0 Å². The van der Waals surface area contributed by atoms with Crippen molar-refractivity contribution in [3.05, 3.63) is 29.3 Å². The molecule has 10 nitrogen and oxygen atoms in total. The van der Waals surface area contributed by atoms with Gasteiger partial charge in [-0.2, -0.15) is 0 Å². The Morgan fingerprint density at radius 2 is 1.93 bits per heavy atom. The van der Waals surface area contributed by atoms with E-state index in [0.717, 1.165) is 53.6 Å². The second kappa shape index (κ2) is 13.4. The Bertz CT molecular complexity index is 1180. The smallest absolute Gasteiger partial charge is 0.308 e. The zero-order valence-electron chi connectivity index (χ0n) is 25.3. The largest absolute Gasteiger partial charge is 0.493 e. The molecule has 11 heteroatoms. The molecule has 1 N–H and O–H groups in total. The second-order valence-electron chi connectivity index (χ2n) is 12.9. The number of hydrogen-bond acceptors (Lipinski definition) is 6. The molecule has 0 radical (unpaired) electrons. The lowest BCUT2D eigenvalue weighted by Gasteiger charge is -2.31. The molecule has 0 aromatic heterocycles. The first-order valence-corrected chi connectivity index (χ1v) is 16.8. The number of hydrogen-bond donors (Lipinski definition) is 1. The fourth-order valence-corrected chi connectivity index (χ4v) is 8.11. The van der Waals surface area contributed by atoms with E-state index in [2.05, 4.69) is 34.1 Å². The number of unbranched alkanes of at least 4 members (excludes halogenated alkanes) is 1. The quantitative estimate of drug-likeness (QED) is 0.330. The Morgan fingerprint density at radius 3 is 2.59 bits per heavy atom. The van der Waals surface area contributed by atoms with Gasteiger partial charge in [-0.25, -0.2) is 12.7 Å². The number of rotatable bonds is 14. The average Bonchev–Trinajstić information content (AvgIpc) is 3.60. The highest BCUT2D eigenvalue weighted by Gasteiger charge is 2.47. The molecule has 41 heavy (non-hydrogen) atoms. The first-order valence-electron chi connectivity index (χ1n) is 15.2. The third-order valence-electron chi connectivity index (χ3n) is 8.78. The molecule has 3 aliphatic heterocycles. The van der Waals surface area contributed by atoms with Gasteiger partial charge < -0.3 is 19.2 Å². The summed E-state index contributed by atoms with van der Waals surface area (Å²) in [5.74, 6) is -0.930. The van der Waals surface area contributed by atoms with Crippen LogP contribution in [0, 0.1) is 5.92 Å². The molecule has 0 aliphatic carbocycles. The number of nitrogens with zero attached hydrogens (tertiary/aromatic N) is 4. The molecule has 0 spiro atoms. The summed E-state index contributed by atoms with van der Waals surface area (Å²) in [6, 6.07) is 5.50. The van der Waals surface area contributed by atoms with Gasteiger partial charge in [0.1, 0.15) is 5.75 Å². The Kier molecular flexibility index (Phi) is 10.4. The van der Waals surface area contributed by atoms with Crippen molar-refractivity contribution in [2.24, 2.45) is 5.92 Å². The number of amides is 1. The lowest BCUT2D eigenvalue weighted by molar-refractivity contribution is -0.870. The zero-order valence-corrected chi connectivity index (χ0v) is 26.1. The SMILES string of the molecule is CCCCN(CCC[N+](C)(C)C)C(=O)CN1C[C@H](c2ccc3c(c2)CCO3)[C@@H](C(=O)O)[C@@H]1CCN1CCCS1(=O)=O. The minimum absolute atomic E-state index is 0.0193. The summed E-state index contributed by atoms with van der Waals surface area (Å²) >= 11 is 0. The first-order chi connectivity index (χ1) is 19.4. The summed E-state index contributed by atoms with van der Waals surface area (Å²) in [6.07, 6.45) is 4.57. The molecule has 4 rings (SSSR count). The predicted octanol–water partition coefficient (Wildman–Crippen LogP) is 2.24. The lowest BCUT2D eigenvalue weighted by atomic mass is 9.83. The van der Waals surface area contributed by atoms with Crippen LogP contribution in [-0.4, -0.2) is 129 Å². The Balaban J connectivity index is 1.57. The number of carboxylic acid groups (broad SMARTS) is 1. The number of quaternary nitrogens is 1. The molecular weight excluding hydrogens is 544 g/mol. The summed E-state index contributed by atoms with van der Waals surface area (Å²) < 4.78 is 33.0. The van der Waals surface area contributed by atoms with Crippen LogP contribution in [0.25, 0.3) is 0 Å². The van der Waals surface area contributed by atoms with E-state index in [-0.39, 0.29) is 30.7 Å². The van der Waals surface area contributed by atoms with E-state index < -0.39 is 28.0 Å². The molecule has 230 valence electrons. The molecule has 2 fully saturated rings. The van der Waals surface area contributed by atoms with E-state index in [0.29, 0.717) is 45.6 Å². The number of carbonyl (C=O) groups is 2. The van der Waals surface area contributed by atoms with Gasteiger partial charge in [0, 0.05) is 57.5 Å². The molecular formula is C30H49N4O6S+. The van der Waals surface area contributed by atoms with Crippen molar-refractivity contribution >= 4 is 21.9 Å². The van der Waals surface area contributed by atoms with E-state index in [1.165, 1.54) is 4.31 Å². The highest BCUT2D eigenvalue weighted by atomic mass is 32.2. The molecule has 1 aromatic carbocycles. The molecule has 0 saturated carbocycles. The molecule has 2 saturated heterocycles. The summed E-state index contributed by atoms with van der Waals surface area (Å²) in [6.45, 7) is 6.38. The van der Waals surface area contributed by atoms with Crippen LogP contribution in [0.5, 0.6) is 5.75 Å². The zero-order chi connectivity index (χ0) is 29.8. The number of carboxylic acids is 1. The normalized spacial score (nSPS) is 24.3. The summed E-state index contributed by atoms with van der Waals surface area (Å²) in [4.78, 5) is 30.5. The predicted molar refractivity (Wildman–Crippen MR) is 158 cm³/mol. The van der Waals surface area contributed by atoms with E-state index in [1.54, 1.807) is 0 Å². The molecule has 1 amide bonds. The number of benzene rings is 1. The fourth-order valence-electron chi connectivity index (χ4n) is 6.57. The molecule has 3 aliphatic rings. The Labute approximate surface area is 245 Å². The van der Waals surface area contributed by atoms with Crippen LogP contribution < -0.4 is 4.74 Å². The van der Waals surface area contributed by atoms with Crippen molar-refractivity contribution in [2.75, 3.05) is 79.3 Å². The van der Waals surface area contributed by atoms with E-state index in [1.807, 2.05) is 21.9 Å². The first kappa shape index (κ1) is 31.7. The second-order valence-corrected chi connectivity index (χ2v) is 15.0. The molecule has 0 unspecified atom stereocenters. The van der Waals surface area contributed by atoms with Gasteiger partial charge in [-0.3, -0.25) is 14.5 Å². The van der Waals surface area contributed by atoms with Crippen LogP contribution in [0.3, 0.4) is 0 Å². The van der Waals surface area contributed by atoms with Crippen molar-refractivity contribution < 1.29 is 32.3 Å². The van der Waals surface area contributed by atoms with Gasteiger partial charge in [0.2, 0.25) is 15.9 Å². The number of sulfonamides is 1. The highest BCUT2D eigenvalue weighted by Crippen LogP contribution is 2.41. The van der Waals surface area contributed by atoms with Crippen LogP contribution in [0.1, 0.15) is 56.1 Å². The van der Waals surface area contributed by atoms with Crippen LogP contribution in [-0.2, 0) is 26.0 Å². The summed E-state index contributed by atoms with van der Waals surface area (Å²) in [7, 11) is 3.13. The van der Waals surface area contributed by atoms with Crippen LogP contribution in [0.15, 0.2) is 18.2 Å². The number of likely N-dealkylation sites (tertiary alicyclic amines) is 1. The fraction of sp³-hybridized carbons (Fsp3) is 0.733. The maximum absolute atomic E-state index is 13.8. The average molecular weight is 594 g/mol. The van der Waals surface area contributed by atoms with E-state index in [9.17, 15) is 23.1 Å². The topological polar surface area (TPSA) is 107 Å². The van der Waals surface area contributed by atoms with Crippen LogP contribution in [0.4, 0.5) is 0 Å². The van der Waals surface area contributed by atoms with Crippen molar-refractivity contribution in [1.82, 2.24) is 14.1 Å². The third kappa shape index (κ3) is 8.00. The van der Waals surface area contributed by atoms with Gasteiger partial charge in [-0.15, -0.1) is 0 Å². The highest BCUT2D eigenvalue weighted by molar-refractivity contribution is 7.89. The Morgan fingerprint density at radius 1 is 1.17 bits per heavy atom. The van der Waals surface area contributed by atoms with E-state index in [4.69, 9.17) is 4.74 Å². The van der Waals surface area contributed by atoms with Gasteiger partial charge in [-0.05, 0) is 36.5 Å². The van der Waals surface area contributed by atoms with Crippen molar-refractivity contribution in [2.45, 2.75) is 57.4 Å². The van der Waals surface area contributed by atoms with Gasteiger partial charge in [0.05, 0.1) is 52.5 Å². The molecule has 3 atom stereocenters. The summed E-state index contributed by atoms with van der Waals surface area (Å²) in [5, 5.41) is 10.5. The van der Waals surface area contributed by atoms with E-state index >= 15 is 0 Å². The van der Waals surface area contributed by atoms with Crippen LogP contribution in [0.2, 0.25) is 0 Å². The minimum Gasteiger partial charge on any atom is -0.493 e.